The zero-order valence-corrected chi connectivity index (χ0v) is 33.6. The molecule has 17 heteroatoms. The molecule has 0 rings (SSSR count). The van der Waals surface area contributed by atoms with E-state index in [1.165, 1.54) is 0 Å². The Morgan fingerprint density at radius 1 is 0.164 bits per heavy atom. The second kappa shape index (κ2) is 52.8. The van der Waals surface area contributed by atoms with Crippen molar-refractivity contribution in [1.82, 2.24) is 0 Å². The largest absolute Gasteiger partial charge is 0.377 e. The first-order valence-corrected chi connectivity index (χ1v) is 19.4. The van der Waals surface area contributed by atoms with Gasteiger partial charge >= 0.3 is 0 Å². The Hall–Kier alpha value is -1.20. The molecule has 0 aliphatic rings. The van der Waals surface area contributed by atoms with Crippen molar-refractivity contribution in [3.05, 3.63) is 25.3 Å². The van der Waals surface area contributed by atoms with Gasteiger partial charge in [-0.3, -0.25) is 0 Å². The van der Waals surface area contributed by atoms with Gasteiger partial charge in [-0.15, -0.1) is 13.2 Å². The molecule has 328 valence electrons. The van der Waals surface area contributed by atoms with Crippen molar-refractivity contribution in [2.75, 3.05) is 225 Å². The monoisotopic (exact) mass is 802 g/mol. The average molecular weight is 803 g/mol. The number of hydrogen-bond acceptors (Lipinski definition) is 17. The van der Waals surface area contributed by atoms with E-state index >= 15 is 0 Å². The van der Waals surface area contributed by atoms with Gasteiger partial charge < -0.3 is 80.5 Å². The van der Waals surface area contributed by atoms with E-state index in [-0.39, 0.29) is 0 Å². The SMILES string of the molecule is C=CCOCCOCCOCCOCCOCCOCCOCCOCCOCCOCCOCCOCCOCCOCCOCCOCCOCC=C. The fourth-order valence-corrected chi connectivity index (χ4v) is 3.75. The second-order valence-electron chi connectivity index (χ2n) is 10.9. The Bertz CT molecular complexity index is 654. The molecule has 0 aromatic rings. The highest BCUT2D eigenvalue weighted by Gasteiger charge is 1.98. The molecule has 0 bridgehead atoms. The molecule has 0 unspecified atom stereocenters. The molecule has 0 radical (unpaired) electrons. The van der Waals surface area contributed by atoms with Crippen molar-refractivity contribution in [2.24, 2.45) is 0 Å². The average Bonchev–Trinajstić information content (AvgIpc) is 3.20. The summed E-state index contributed by atoms with van der Waals surface area (Å²) in [5.74, 6) is 0. The molecule has 0 atom stereocenters. The first-order chi connectivity index (χ1) is 27.4. The third kappa shape index (κ3) is 52.8. The van der Waals surface area contributed by atoms with Gasteiger partial charge in [0.2, 0.25) is 0 Å². The Labute approximate surface area is 330 Å². The van der Waals surface area contributed by atoms with Gasteiger partial charge in [-0.2, -0.15) is 0 Å². The van der Waals surface area contributed by atoms with Crippen molar-refractivity contribution in [3.63, 3.8) is 0 Å². The molecule has 0 N–H and O–H groups in total. The lowest BCUT2D eigenvalue weighted by atomic mass is 10.6. The van der Waals surface area contributed by atoms with Crippen LogP contribution in [-0.2, 0) is 80.5 Å². The predicted molar refractivity (Wildman–Crippen MR) is 204 cm³/mol. The maximum atomic E-state index is 5.50. The molecule has 0 spiro atoms. The maximum absolute atomic E-state index is 5.50. The molecule has 17 nitrogen and oxygen atoms in total. The quantitative estimate of drug-likeness (QED) is 0.0646. The van der Waals surface area contributed by atoms with E-state index in [0.717, 1.165) is 0 Å². The lowest BCUT2D eigenvalue weighted by Gasteiger charge is -2.09. The zero-order valence-electron chi connectivity index (χ0n) is 33.6. The molecule has 0 aliphatic carbocycles. The van der Waals surface area contributed by atoms with Gasteiger partial charge in [0.25, 0.3) is 0 Å². The molecule has 0 saturated heterocycles. The third-order valence-electron chi connectivity index (χ3n) is 6.42. The summed E-state index contributed by atoms with van der Waals surface area (Å²) in [5, 5.41) is 0. The van der Waals surface area contributed by atoms with E-state index in [2.05, 4.69) is 13.2 Å². The van der Waals surface area contributed by atoms with E-state index in [1.54, 1.807) is 12.2 Å². The topological polar surface area (TPSA) is 157 Å². The molecule has 0 heterocycles. The van der Waals surface area contributed by atoms with Gasteiger partial charge in [-0.25, -0.2) is 0 Å². The van der Waals surface area contributed by atoms with Crippen molar-refractivity contribution >= 4 is 0 Å². The van der Waals surface area contributed by atoms with Crippen LogP contribution >= 0.6 is 0 Å². The Kier molecular flexibility index (Phi) is 51.6. The standard InChI is InChI=1S/C38H74O17/c1-3-5-39-7-9-41-11-13-43-15-17-45-19-21-47-23-25-49-27-29-51-31-33-53-35-37-55-38-36-54-34-32-52-30-28-50-26-24-48-22-20-46-18-16-44-14-12-42-10-8-40-6-4-2/h3-4H,1-2,5-38H2. The van der Waals surface area contributed by atoms with Gasteiger partial charge in [0.15, 0.2) is 0 Å². The van der Waals surface area contributed by atoms with Crippen LogP contribution in [0, 0.1) is 0 Å². The molecular weight excluding hydrogens is 728 g/mol. The summed E-state index contributed by atoms with van der Waals surface area (Å²) in [7, 11) is 0. The molecular formula is C38H74O17. The Balaban J connectivity index is 3.05. The molecule has 0 fully saturated rings. The van der Waals surface area contributed by atoms with Crippen LogP contribution in [0.25, 0.3) is 0 Å². The Morgan fingerprint density at radius 2 is 0.255 bits per heavy atom. The van der Waals surface area contributed by atoms with E-state index in [0.29, 0.717) is 225 Å². The normalized spacial score (nSPS) is 11.5. The van der Waals surface area contributed by atoms with E-state index in [9.17, 15) is 0 Å². The highest BCUT2D eigenvalue weighted by atomic mass is 16.6. The number of hydrogen-bond donors (Lipinski definition) is 0. The molecule has 0 aliphatic heterocycles. The summed E-state index contributed by atoms with van der Waals surface area (Å²) in [4.78, 5) is 0. The first-order valence-electron chi connectivity index (χ1n) is 19.4. The lowest BCUT2D eigenvalue weighted by Crippen LogP contribution is -2.16. The van der Waals surface area contributed by atoms with Crippen LogP contribution in [0.5, 0.6) is 0 Å². The third-order valence-corrected chi connectivity index (χ3v) is 6.42. The molecule has 0 aromatic heterocycles. The van der Waals surface area contributed by atoms with Crippen LogP contribution in [0.1, 0.15) is 0 Å². The molecule has 55 heavy (non-hydrogen) atoms. The highest BCUT2D eigenvalue weighted by molar-refractivity contribution is 4.63. The van der Waals surface area contributed by atoms with Gasteiger partial charge in [0.05, 0.1) is 225 Å². The summed E-state index contributed by atoms with van der Waals surface area (Å²) < 4.78 is 92.4. The summed E-state index contributed by atoms with van der Waals surface area (Å²) in [6.45, 7) is 24.7. The van der Waals surface area contributed by atoms with Crippen molar-refractivity contribution < 1.29 is 80.5 Å². The molecule has 0 amide bonds. The van der Waals surface area contributed by atoms with Gasteiger partial charge in [-0.1, -0.05) is 12.2 Å². The number of ether oxygens (including phenoxy) is 17. The smallest absolute Gasteiger partial charge is 0.0704 e. The van der Waals surface area contributed by atoms with Crippen LogP contribution in [0.4, 0.5) is 0 Å². The van der Waals surface area contributed by atoms with Gasteiger partial charge in [-0.05, 0) is 0 Å². The Morgan fingerprint density at radius 3 is 0.345 bits per heavy atom. The fourth-order valence-electron chi connectivity index (χ4n) is 3.75. The van der Waals surface area contributed by atoms with Crippen LogP contribution in [0.15, 0.2) is 25.3 Å². The summed E-state index contributed by atoms with van der Waals surface area (Å²) in [6.07, 6.45) is 3.42. The van der Waals surface area contributed by atoms with Gasteiger partial charge in [0.1, 0.15) is 0 Å². The minimum Gasteiger partial charge on any atom is -0.377 e. The summed E-state index contributed by atoms with van der Waals surface area (Å²) >= 11 is 0. The molecule has 0 aromatic carbocycles. The minimum atomic E-state index is 0.499. The van der Waals surface area contributed by atoms with Crippen LogP contribution in [0.2, 0.25) is 0 Å². The zero-order chi connectivity index (χ0) is 39.5. The second-order valence-corrected chi connectivity index (χ2v) is 10.9. The van der Waals surface area contributed by atoms with E-state index in [1.807, 2.05) is 0 Å². The van der Waals surface area contributed by atoms with Crippen molar-refractivity contribution in [3.8, 4) is 0 Å². The first kappa shape index (κ1) is 53.8. The highest BCUT2D eigenvalue weighted by Crippen LogP contribution is 1.89. The van der Waals surface area contributed by atoms with Crippen molar-refractivity contribution in [2.45, 2.75) is 0 Å². The van der Waals surface area contributed by atoms with Crippen molar-refractivity contribution in [1.29, 1.82) is 0 Å². The maximum Gasteiger partial charge on any atom is 0.0704 e. The predicted octanol–water partition coefficient (Wildman–Crippen LogP) is 1.64. The van der Waals surface area contributed by atoms with E-state index in [4.69, 9.17) is 80.5 Å². The summed E-state index contributed by atoms with van der Waals surface area (Å²) in [5.41, 5.74) is 0. The minimum absolute atomic E-state index is 0.499. The van der Waals surface area contributed by atoms with Crippen LogP contribution in [-0.4, -0.2) is 225 Å². The summed E-state index contributed by atoms with van der Waals surface area (Å²) in [6, 6.07) is 0. The van der Waals surface area contributed by atoms with Crippen LogP contribution in [0.3, 0.4) is 0 Å². The number of rotatable bonds is 52. The van der Waals surface area contributed by atoms with E-state index < -0.39 is 0 Å². The van der Waals surface area contributed by atoms with Crippen LogP contribution < -0.4 is 0 Å². The fraction of sp³-hybridized carbons (Fsp3) is 0.895. The van der Waals surface area contributed by atoms with Gasteiger partial charge in [0, 0.05) is 0 Å². The molecule has 0 saturated carbocycles. The lowest BCUT2D eigenvalue weighted by molar-refractivity contribution is -0.0306.